The lowest BCUT2D eigenvalue weighted by molar-refractivity contribution is -0.138. The Labute approximate surface area is 109 Å². The number of carboxylic acids is 1. The molecule has 0 radical (unpaired) electrons. The third kappa shape index (κ3) is 4.15. The van der Waals surface area contributed by atoms with Crippen LogP contribution in [0, 0.1) is 0 Å². The summed E-state index contributed by atoms with van der Waals surface area (Å²) in [4.78, 5) is 10.9. The molecule has 1 rings (SSSR count). The van der Waals surface area contributed by atoms with E-state index in [2.05, 4.69) is 5.32 Å². The fourth-order valence-electron chi connectivity index (χ4n) is 1.85. The highest BCUT2D eigenvalue weighted by Gasteiger charge is 2.35. The summed E-state index contributed by atoms with van der Waals surface area (Å²) in [5.41, 5.74) is -1.48. The highest BCUT2D eigenvalue weighted by atomic mass is 19.4. The van der Waals surface area contributed by atoms with E-state index in [0.29, 0.717) is 5.69 Å². The van der Waals surface area contributed by atoms with Crippen molar-refractivity contribution in [3.8, 4) is 0 Å². The molecular weight excluding hydrogens is 259 g/mol. The SMILES string of the molecule is CCCC(C)Nc1ccc(C(F)(F)F)c(C(=O)O)c1. The molecule has 0 aromatic heterocycles. The lowest BCUT2D eigenvalue weighted by Gasteiger charge is -2.16. The van der Waals surface area contributed by atoms with Gasteiger partial charge in [-0.1, -0.05) is 13.3 Å². The molecule has 2 N–H and O–H groups in total. The Kier molecular flexibility index (Phi) is 4.80. The zero-order valence-electron chi connectivity index (χ0n) is 10.7. The maximum absolute atomic E-state index is 12.6. The first kappa shape index (κ1) is 15.3. The number of carbonyl (C=O) groups is 1. The number of anilines is 1. The van der Waals surface area contributed by atoms with Crippen LogP contribution in [0.1, 0.15) is 42.6 Å². The van der Waals surface area contributed by atoms with E-state index in [0.717, 1.165) is 25.0 Å². The van der Waals surface area contributed by atoms with Crippen LogP contribution in [-0.2, 0) is 6.18 Å². The van der Waals surface area contributed by atoms with Gasteiger partial charge in [0, 0.05) is 11.7 Å². The summed E-state index contributed by atoms with van der Waals surface area (Å²) in [5, 5.41) is 11.8. The van der Waals surface area contributed by atoms with Crippen molar-refractivity contribution < 1.29 is 23.1 Å². The maximum atomic E-state index is 12.6. The first-order valence-electron chi connectivity index (χ1n) is 5.96. The van der Waals surface area contributed by atoms with Crippen molar-refractivity contribution in [1.82, 2.24) is 0 Å². The number of rotatable bonds is 5. The molecular formula is C13H16F3NO2. The number of halogens is 3. The van der Waals surface area contributed by atoms with Crippen LogP contribution in [-0.4, -0.2) is 17.1 Å². The first-order valence-corrected chi connectivity index (χ1v) is 5.96. The summed E-state index contributed by atoms with van der Waals surface area (Å²) >= 11 is 0. The van der Waals surface area contributed by atoms with Crippen molar-refractivity contribution in [3.05, 3.63) is 29.3 Å². The van der Waals surface area contributed by atoms with E-state index in [1.807, 2.05) is 13.8 Å². The van der Waals surface area contributed by atoms with E-state index >= 15 is 0 Å². The highest BCUT2D eigenvalue weighted by molar-refractivity contribution is 5.91. The first-order chi connectivity index (χ1) is 8.75. The summed E-state index contributed by atoms with van der Waals surface area (Å²) in [5.74, 6) is -1.58. The van der Waals surface area contributed by atoms with Crippen LogP contribution >= 0.6 is 0 Å². The lowest BCUT2D eigenvalue weighted by Crippen LogP contribution is -2.17. The fourth-order valence-corrected chi connectivity index (χ4v) is 1.85. The smallest absolute Gasteiger partial charge is 0.417 e. The van der Waals surface area contributed by atoms with Crippen molar-refractivity contribution in [2.75, 3.05) is 5.32 Å². The third-order valence-electron chi connectivity index (χ3n) is 2.69. The molecule has 3 nitrogen and oxygen atoms in total. The van der Waals surface area contributed by atoms with Gasteiger partial charge in [0.1, 0.15) is 0 Å². The van der Waals surface area contributed by atoms with E-state index < -0.39 is 23.3 Å². The summed E-state index contributed by atoms with van der Waals surface area (Å²) in [6.07, 6.45) is -2.88. The number of alkyl halides is 3. The number of hydrogen-bond acceptors (Lipinski definition) is 2. The zero-order chi connectivity index (χ0) is 14.6. The average molecular weight is 275 g/mol. The lowest BCUT2D eigenvalue weighted by atomic mass is 10.1. The van der Waals surface area contributed by atoms with Crippen molar-refractivity contribution in [2.24, 2.45) is 0 Å². The highest BCUT2D eigenvalue weighted by Crippen LogP contribution is 2.33. The summed E-state index contributed by atoms with van der Waals surface area (Å²) in [6.45, 7) is 3.88. The standard InChI is InChI=1S/C13H16F3NO2/c1-3-4-8(2)17-9-5-6-11(13(14,15)16)10(7-9)12(18)19/h5-8,17H,3-4H2,1-2H3,(H,18,19). The Morgan fingerprint density at radius 3 is 2.53 bits per heavy atom. The predicted octanol–water partition coefficient (Wildman–Crippen LogP) is 4.00. The molecule has 0 amide bonds. The van der Waals surface area contributed by atoms with Gasteiger partial charge in [-0.25, -0.2) is 4.79 Å². The van der Waals surface area contributed by atoms with Crippen molar-refractivity contribution in [2.45, 2.75) is 38.9 Å². The van der Waals surface area contributed by atoms with Gasteiger partial charge in [0.15, 0.2) is 0 Å². The molecule has 19 heavy (non-hydrogen) atoms. The van der Waals surface area contributed by atoms with Crippen LogP contribution in [0.2, 0.25) is 0 Å². The number of benzene rings is 1. The van der Waals surface area contributed by atoms with E-state index in [1.54, 1.807) is 0 Å². The molecule has 0 spiro atoms. The van der Waals surface area contributed by atoms with E-state index in [4.69, 9.17) is 5.11 Å². The van der Waals surface area contributed by atoms with Gasteiger partial charge >= 0.3 is 12.1 Å². The topological polar surface area (TPSA) is 49.3 Å². The van der Waals surface area contributed by atoms with Gasteiger partial charge in [-0.05, 0) is 31.5 Å². The molecule has 0 saturated carbocycles. The number of hydrogen-bond donors (Lipinski definition) is 2. The molecule has 0 aliphatic rings. The molecule has 1 aromatic rings. The molecule has 0 saturated heterocycles. The van der Waals surface area contributed by atoms with Crippen LogP contribution < -0.4 is 5.32 Å². The molecule has 1 aromatic carbocycles. The van der Waals surface area contributed by atoms with Gasteiger partial charge < -0.3 is 10.4 Å². The number of carboxylic acid groups (broad SMARTS) is 1. The van der Waals surface area contributed by atoms with Gasteiger partial charge in [0.25, 0.3) is 0 Å². The van der Waals surface area contributed by atoms with E-state index in [1.165, 1.54) is 6.07 Å². The van der Waals surface area contributed by atoms with Crippen LogP contribution in [0.5, 0.6) is 0 Å². The normalized spacial score (nSPS) is 13.1. The van der Waals surface area contributed by atoms with Crippen LogP contribution in [0.25, 0.3) is 0 Å². The molecule has 0 bridgehead atoms. The number of aromatic carboxylic acids is 1. The molecule has 0 heterocycles. The Bertz CT molecular complexity index is 458. The zero-order valence-corrected chi connectivity index (χ0v) is 10.7. The Morgan fingerprint density at radius 2 is 2.05 bits per heavy atom. The number of nitrogens with one attached hydrogen (secondary N) is 1. The van der Waals surface area contributed by atoms with Crippen LogP contribution in [0.4, 0.5) is 18.9 Å². The summed E-state index contributed by atoms with van der Waals surface area (Å²) < 4.78 is 37.9. The van der Waals surface area contributed by atoms with Gasteiger partial charge in [-0.3, -0.25) is 0 Å². The second-order valence-electron chi connectivity index (χ2n) is 4.40. The molecule has 6 heteroatoms. The van der Waals surface area contributed by atoms with Crippen molar-refractivity contribution in [3.63, 3.8) is 0 Å². The van der Waals surface area contributed by atoms with Crippen molar-refractivity contribution in [1.29, 1.82) is 0 Å². The molecule has 106 valence electrons. The minimum atomic E-state index is -4.67. The van der Waals surface area contributed by atoms with Gasteiger partial charge in [-0.15, -0.1) is 0 Å². The minimum Gasteiger partial charge on any atom is -0.478 e. The van der Waals surface area contributed by atoms with Gasteiger partial charge in [0.05, 0.1) is 11.1 Å². The molecule has 1 unspecified atom stereocenters. The second-order valence-corrected chi connectivity index (χ2v) is 4.40. The quantitative estimate of drug-likeness (QED) is 0.853. The van der Waals surface area contributed by atoms with Crippen LogP contribution in [0.15, 0.2) is 18.2 Å². The van der Waals surface area contributed by atoms with E-state index in [9.17, 15) is 18.0 Å². The largest absolute Gasteiger partial charge is 0.478 e. The molecule has 0 aliphatic carbocycles. The molecule has 1 atom stereocenters. The van der Waals surface area contributed by atoms with E-state index in [-0.39, 0.29) is 6.04 Å². The Hall–Kier alpha value is -1.72. The third-order valence-corrected chi connectivity index (χ3v) is 2.69. The second kappa shape index (κ2) is 5.95. The Morgan fingerprint density at radius 1 is 1.42 bits per heavy atom. The average Bonchev–Trinajstić information content (AvgIpc) is 2.27. The van der Waals surface area contributed by atoms with Gasteiger partial charge in [-0.2, -0.15) is 13.2 Å². The molecule has 0 aliphatic heterocycles. The minimum absolute atomic E-state index is 0.0726. The predicted molar refractivity (Wildman–Crippen MR) is 66.4 cm³/mol. The summed E-state index contributed by atoms with van der Waals surface area (Å²) in [6, 6.07) is 3.15. The van der Waals surface area contributed by atoms with Gasteiger partial charge in [0.2, 0.25) is 0 Å². The Balaban J connectivity index is 3.07. The fraction of sp³-hybridized carbons (Fsp3) is 0.462. The van der Waals surface area contributed by atoms with Crippen molar-refractivity contribution >= 4 is 11.7 Å². The molecule has 0 fully saturated rings. The van der Waals surface area contributed by atoms with Crippen LogP contribution in [0.3, 0.4) is 0 Å². The monoisotopic (exact) mass is 275 g/mol. The maximum Gasteiger partial charge on any atom is 0.417 e. The summed E-state index contributed by atoms with van der Waals surface area (Å²) in [7, 11) is 0.